The van der Waals surface area contributed by atoms with Gasteiger partial charge in [-0.2, -0.15) is 0 Å². The standard InChI is InChI=1S/C19H27FN4O/c1-21-19(22-12-14-6-8-16(20)9-7-14)23-17-10-11-24(13-17)18(25)15-4-2-3-5-15/h6-9,15,17H,2-5,10-13H2,1H3,(H2,21,22,23). The quantitative estimate of drug-likeness (QED) is 0.650. The third-order valence-corrected chi connectivity index (χ3v) is 5.14. The van der Waals surface area contributed by atoms with Crippen LogP contribution in [-0.4, -0.2) is 42.9 Å². The summed E-state index contributed by atoms with van der Waals surface area (Å²) in [7, 11) is 1.73. The van der Waals surface area contributed by atoms with Gasteiger partial charge in [-0.15, -0.1) is 0 Å². The number of hydrogen-bond donors (Lipinski definition) is 2. The molecule has 6 heteroatoms. The first-order chi connectivity index (χ1) is 12.2. The molecular weight excluding hydrogens is 319 g/mol. The number of aliphatic imine (C=N–C) groups is 1. The maximum Gasteiger partial charge on any atom is 0.225 e. The molecule has 1 saturated heterocycles. The lowest BCUT2D eigenvalue weighted by molar-refractivity contribution is -0.134. The molecule has 1 heterocycles. The Kier molecular flexibility index (Phi) is 5.89. The summed E-state index contributed by atoms with van der Waals surface area (Å²) in [4.78, 5) is 18.8. The summed E-state index contributed by atoms with van der Waals surface area (Å²) < 4.78 is 12.9. The van der Waals surface area contributed by atoms with Crippen LogP contribution >= 0.6 is 0 Å². The molecule has 1 aliphatic heterocycles. The van der Waals surface area contributed by atoms with Crippen LogP contribution in [0.1, 0.15) is 37.7 Å². The Morgan fingerprint density at radius 1 is 1.24 bits per heavy atom. The Labute approximate surface area is 148 Å². The lowest BCUT2D eigenvalue weighted by atomic mass is 10.1. The van der Waals surface area contributed by atoms with E-state index in [9.17, 15) is 9.18 Å². The van der Waals surface area contributed by atoms with Gasteiger partial charge in [0.1, 0.15) is 5.82 Å². The van der Waals surface area contributed by atoms with E-state index in [2.05, 4.69) is 15.6 Å². The Morgan fingerprint density at radius 2 is 1.96 bits per heavy atom. The topological polar surface area (TPSA) is 56.7 Å². The van der Waals surface area contributed by atoms with E-state index in [1.54, 1.807) is 19.2 Å². The molecule has 1 saturated carbocycles. The maximum absolute atomic E-state index is 12.9. The first-order valence-corrected chi connectivity index (χ1v) is 9.16. The van der Waals surface area contributed by atoms with Gasteiger partial charge in [0, 0.05) is 38.6 Å². The molecule has 2 N–H and O–H groups in total. The molecule has 0 aromatic heterocycles. The lowest BCUT2D eigenvalue weighted by Gasteiger charge is -2.21. The SMILES string of the molecule is CN=C(NCc1ccc(F)cc1)NC1CCN(C(=O)C2CCCC2)C1. The van der Waals surface area contributed by atoms with Crippen molar-refractivity contribution in [2.75, 3.05) is 20.1 Å². The second kappa shape index (κ2) is 8.32. The minimum atomic E-state index is -0.232. The van der Waals surface area contributed by atoms with Crippen LogP contribution in [-0.2, 0) is 11.3 Å². The summed E-state index contributed by atoms with van der Waals surface area (Å²) in [5.74, 6) is 1.06. The number of carbonyl (C=O) groups excluding carboxylic acids is 1. The molecule has 5 nitrogen and oxygen atoms in total. The molecule has 0 radical (unpaired) electrons. The maximum atomic E-state index is 12.9. The van der Waals surface area contributed by atoms with Gasteiger partial charge in [0.05, 0.1) is 0 Å². The normalized spacial score (nSPS) is 21.6. The van der Waals surface area contributed by atoms with Gasteiger partial charge < -0.3 is 15.5 Å². The molecule has 136 valence electrons. The third-order valence-electron chi connectivity index (χ3n) is 5.14. The van der Waals surface area contributed by atoms with Gasteiger partial charge in [-0.1, -0.05) is 25.0 Å². The Bertz CT molecular complexity index is 610. The Balaban J connectivity index is 1.46. The number of likely N-dealkylation sites (tertiary alicyclic amines) is 1. The lowest BCUT2D eigenvalue weighted by Crippen LogP contribution is -2.45. The van der Waals surface area contributed by atoms with Crippen LogP contribution in [0, 0.1) is 11.7 Å². The number of guanidine groups is 1. The van der Waals surface area contributed by atoms with Crippen molar-refractivity contribution in [1.82, 2.24) is 15.5 Å². The second-order valence-electron chi connectivity index (χ2n) is 6.95. The molecule has 2 aliphatic rings. The van der Waals surface area contributed by atoms with Crippen LogP contribution in [0.3, 0.4) is 0 Å². The zero-order chi connectivity index (χ0) is 17.6. The number of rotatable bonds is 4. The molecule has 25 heavy (non-hydrogen) atoms. The number of halogens is 1. The number of carbonyl (C=O) groups is 1. The largest absolute Gasteiger partial charge is 0.352 e. The number of nitrogens with zero attached hydrogens (tertiary/aromatic N) is 2. The highest BCUT2D eigenvalue weighted by Gasteiger charge is 2.32. The van der Waals surface area contributed by atoms with E-state index >= 15 is 0 Å². The smallest absolute Gasteiger partial charge is 0.225 e. The average molecular weight is 346 g/mol. The fourth-order valence-electron chi connectivity index (χ4n) is 3.69. The van der Waals surface area contributed by atoms with Crippen LogP contribution in [0.2, 0.25) is 0 Å². The van der Waals surface area contributed by atoms with Crippen molar-refractivity contribution in [3.63, 3.8) is 0 Å². The van der Waals surface area contributed by atoms with Crippen LogP contribution in [0.4, 0.5) is 4.39 Å². The summed E-state index contributed by atoms with van der Waals surface area (Å²) in [6.07, 6.45) is 5.41. The van der Waals surface area contributed by atoms with E-state index in [0.717, 1.165) is 37.9 Å². The molecule has 0 bridgehead atoms. The first kappa shape index (κ1) is 17.7. The highest BCUT2D eigenvalue weighted by Crippen LogP contribution is 2.27. The molecule has 1 atom stereocenters. The average Bonchev–Trinajstić information content (AvgIpc) is 3.31. The van der Waals surface area contributed by atoms with Crippen LogP contribution < -0.4 is 10.6 Å². The fraction of sp³-hybridized carbons (Fsp3) is 0.579. The van der Waals surface area contributed by atoms with Gasteiger partial charge in [-0.05, 0) is 37.0 Å². The van der Waals surface area contributed by atoms with E-state index in [0.29, 0.717) is 18.4 Å². The predicted octanol–water partition coefficient (Wildman–Crippen LogP) is 2.28. The van der Waals surface area contributed by atoms with Crippen molar-refractivity contribution < 1.29 is 9.18 Å². The Hall–Kier alpha value is -2.11. The first-order valence-electron chi connectivity index (χ1n) is 9.16. The highest BCUT2D eigenvalue weighted by molar-refractivity contribution is 5.81. The van der Waals surface area contributed by atoms with Crippen molar-refractivity contribution in [2.45, 2.75) is 44.7 Å². The monoisotopic (exact) mass is 346 g/mol. The van der Waals surface area contributed by atoms with Crippen molar-refractivity contribution in [3.05, 3.63) is 35.6 Å². The Morgan fingerprint density at radius 3 is 2.64 bits per heavy atom. The number of benzene rings is 1. The van der Waals surface area contributed by atoms with Gasteiger partial charge in [-0.25, -0.2) is 4.39 Å². The van der Waals surface area contributed by atoms with E-state index in [1.807, 2.05) is 4.90 Å². The van der Waals surface area contributed by atoms with Crippen LogP contribution in [0.25, 0.3) is 0 Å². The van der Waals surface area contributed by atoms with Gasteiger partial charge >= 0.3 is 0 Å². The zero-order valence-electron chi connectivity index (χ0n) is 14.8. The molecule has 1 aromatic rings. The van der Waals surface area contributed by atoms with Gasteiger partial charge in [0.15, 0.2) is 5.96 Å². The van der Waals surface area contributed by atoms with Crippen LogP contribution in [0.15, 0.2) is 29.3 Å². The third kappa shape index (κ3) is 4.71. The van der Waals surface area contributed by atoms with Gasteiger partial charge in [-0.3, -0.25) is 9.79 Å². The highest BCUT2D eigenvalue weighted by atomic mass is 19.1. The fourth-order valence-corrected chi connectivity index (χ4v) is 3.69. The molecule has 0 spiro atoms. The minimum absolute atomic E-state index is 0.227. The van der Waals surface area contributed by atoms with E-state index in [4.69, 9.17) is 0 Å². The molecule has 2 fully saturated rings. The van der Waals surface area contributed by atoms with Gasteiger partial charge in [0.25, 0.3) is 0 Å². The van der Waals surface area contributed by atoms with Crippen molar-refractivity contribution in [1.29, 1.82) is 0 Å². The van der Waals surface area contributed by atoms with Crippen molar-refractivity contribution >= 4 is 11.9 Å². The van der Waals surface area contributed by atoms with E-state index in [1.165, 1.54) is 25.0 Å². The summed E-state index contributed by atoms with van der Waals surface area (Å²) in [6.45, 7) is 2.14. The minimum Gasteiger partial charge on any atom is -0.352 e. The number of nitrogens with one attached hydrogen (secondary N) is 2. The number of hydrogen-bond acceptors (Lipinski definition) is 2. The van der Waals surface area contributed by atoms with Crippen molar-refractivity contribution in [3.8, 4) is 0 Å². The second-order valence-corrected chi connectivity index (χ2v) is 6.95. The summed E-state index contributed by atoms with van der Waals surface area (Å²) in [5.41, 5.74) is 0.994. The molecule has 3 rings (SSSR count). The summed E-state index contributed by atoms with van der Waals surface area (Å²) in [6, 6.07) is 6.65. The predicted molar refractivity (Wildman–Crippen MR) is 96.7 cm³/mol. The van der Waals surface area contributed by atoms with E-state index < -0.39 is 0 Å². The zero-order valence-corrected chi connectivity index (χ0v) is 14.8. The summed E-state index contributed by atoms with van der Waals surface area (Å²) >= 11 is 0. The molecule has 1 aromatic carbocycles. The number of amides is 1. The van der Waals surface area contributed by atoms with Crippen molar-refractivity contribution in [2.24, 2.45) is 10.9 Å². The van der Waals surface area contributed by atoms with E-state index in [-0.39, 0.29) is 17.8 Å². The molecule has 1 amide bonds. The van der Waals surface area contributed by atoms with Crippen LogP contribution in [0.5, 0.6) is 0 Å². The molecular formula is C19H27FN4O. The summed E-state index contributed by atoms with van der Waals surface area (Å²) in [5, 5.41) is 6.64. The molecule has 1 unspecified atom stereocenters. The van der Waals surface area contributed by atoms with Gasteiger partial charge in [0.2, 0.25) is 5.91 Å². The molecule has 1 aliphatic carbocycles.